The molecule has 96 valence electrons. The van der Waals surface area contributed by atoms with Crippen molar-refractivity contribution in [3.8, 4) is 11.5 Å². The minimum atomic E-state index is -0.416. The van der Waals surface area contributed by atoms with E-state index in [4.69, 9.17) is 14.2 Å². The molecule has 0 radical (unpaired) electrons. The second kappa shape index (κ2) is 5.08. The lowest BCUT2D eigenvalue weighted by molar-refractivity contribution is -0.108. The van der Waals surface area contributed by atoms with Crippen molar-refractivity contribution in [2.24, 2.45) is 0 Å². The molecule has 0 saturated heterocycles. The van der Waals surface area contributed by atoms with Gasteiger partial charge in [-0.05, 0) is 12.5 Å². The number of hydrogen-bond donors (Lipinski definition) is 0. The first kappa shape index (κ1) is 12.4. The SMILES string of the molecule is COc1cc(OC)c2c(c1)[C@@H](CCC=O)OC2=O. The van der Waals surface area contributed by atoms with E-state index in [0.29, 0.717) is 29.9 Å². The van der Waals surface area contributed by atoms with E-state index in [9.17, 15) is 9.59 Å². The Kier molecular flexibility index (Phi) is 3.50. The third-order valence-corrected chi connectivity index (χ3v) is 2.91. The minimum Gasteiger partial charge on any atom is -0.497 e. The van der Waals surface area contributed by atoms with E-state index in [1.165, 1.54) is 7.11 Å². The van der Waals surface area contributed by atoms with Crippen LogP contribution in [-0.4, -0.2) is 26.5 Å². The molecule has 1 aromatic rings. The van der Waals surface area contributed by atoms with E-state index in [1.807, 2.05) is 0 Å². The summed E-state index contributed by atoms with van der Waals surface area (Å²) in [4.78, 5) is 22.2. The van der Waals surface area contributed by atoms with E-state index in [1.54, 1.807) is 19.2 Å². The van der Waals surface area contributed by atoms with Crippen LogP contribution in [0.15, 0.2) is 12.1 Å². The monoisotopic (exact) mass is 250 g/mol. The average molecular weight is 250 g/mol. The zero-order valence-electron chi connectivity index (χ0n) is 10.3. The summed E-state index contributed by atoms with van der Waals surface area (Å²) in [5.74, 6) is 0.614. The van der Waals surface area contributed by atoms with Crippen LogP contribution >= 0.6 is 0 Å². The molecule has 0 unspecified atom stereocenters. The first-order valence-corrected chi connectivity index (χ1v) is 5.61. The maximum Gasteiger partial charge on any atom is 0.342 e. The molecule has 1 heterocycles. The van der Waals surface area contributed by atoms with Gasteiger partial charge in [0.15, 0.2) is 0 Å². The van der Waals surface area contributed by atoms with Gasteiger partial charge in [0.25, 0.3) is 0 Å². The number of cyclic esters (lactones) is 1. The Morgan fingerprint density at radius 1 is 1.33 bits per heavy atom. The second-order valence-electron chi connectivity index (χ2n) is 3.93. The van der Waals surface area contributed by atoms with Crippen LogP contribution in [0.25, 0.3) is 0 Å². The number of aldehydes is 1. The maximum atomic E-state index is 11.8. The highest BCUT2D eigenvalue weighted by Gasteiger charge is 2.34. The fourth-order valence-corrected chi connectivity index (χ4v) is 2.05. The van der Waals surface area contributed by atoms with E-state index in [0.717, 1.165) is 11.8 Å². The molecular formula is C13H14O5. The number of rotatable bonds is 5. The van der Waals surface area contributed by atoms with Crippen LogP contribution < -0.4 is 9.47 Å². The van der Waals surface area contributed by atoms with Crippen molar-refractivity contribution in [2.75, 3.05) is 14.2 Å². The predicted molar refractivity (Wildman–Crippen MR) is 63.0 cm³/mol. The van der Waals surface area contributed by atoms with Crippen LogP contribution in [0.5, 0.6) is 11.5 Å². The summed E-state index contributed by atoms with van der Waals surface area (Å²) < 4.78 is 15.6. The summed E-state index contributed by atoms with van der Waals surface area (Å²) in [6.07, 6.45) is 1.22. The summed E-state index contributed by atoms with van der Waals surface area (Å²) in [7, 11) is 3.03. The molecule has 1 aliphatic heterocycles. The van der Waals surface area contributed by atoms with Gasteiger partial charge in [-0.1, -0.05) is 0 Å². The standard InChI is InChI=1S/C13H14O5/c1-16-8-6-9-10(4-3-5-14)18-13(15)12(9)11(7-8)17-2/h5-7,10H,3-4H2,1-2H3/t10-/m1/s1. The van der Waals surface area contributed by atoms with Gasteiger partial charge in [0.05, 0.1) is 14.2 Å². The third kappa shape index (κ3) is 2.03. The van der Waals surface area contributed by atoms with Gasteiger partial charge in [-0.15, -0.1) is 0 Å². The van der Waals surface area contributed by atoms with Crippen LogP contribution in [-0.2, 0) is 9.53 Å². The Balaban J connectivity index is 2.44. The highest BCUT2D eigenvalue weighted by Crippen LogP contribution is 2.41. The molecule has 0 aromatic heterocycles. The predicted octanol–water partition coefficient (Wildman–Crippen LogP) is 1.89. The molecule has 0 N–H and O–H groups in total. The Morgan fingerprint density at radius 3 is 2.72 bits per heavy atom. The van der Waals surface area contributed by atoms with Crippen LogP contribution in [0, 0.1) is 0 Å². The fraction of sp³-hybridized carbons (Fsp3) is 0.385. The van der Waals surface area contributed by atoms with Crippen molar-refractivity contribution in [3.05, 3.63) is 23.3 Å². The summed E-state index contributed by atoms with van der Waals surface area (Å²) >= 11 is 0. The topological polar surface area (TPSA) is 61.8 Å². The minimum absolute atomic E-state index is 0.344. The third-order valence-electron chi connectivity index (χ3n) is 2.91. The molecule has 5 heteroatoms. The van der Waals surface area contributed by atoms with E-state index < -0.39 is 12.1 Å². The van der Waals surface area contributed by atoms with Crippen LogP contribution in [0.3, 0.4) is 0 Å². The van der Waals surface area contributed by atoms with Crippen molar-refractivity contribution in [3.63, 3.8) is 0 Å². The molecule has 1 aromatic carbocycles. The molecule has 0 spiro atoms. The zero-order valence-corrected chi connectivity index (χ0v) is 10.3. The summed E-state index contributed by atoms with van der Waals surface area (Å²) in [6.45, 7) is 0. The number of carbonyl (C=O) groups excluding carboxylic acids is 2. The molecule has 0 fully saturated rings. The van der Waals surface area contributed by atoms with Crippen LogP contribution in [0.1, 0.15) is 34.9 Å². The summed E-state index contributed by atoms with van der Waals surface area (Å²) in [5.41, 5.74) is 1.15. The number of fused-ring (bicyclic) bond motifs is 1. The summed E-state index contributed by atoms with van der Waals surface area (Å²) in [5, 5.41) is 0. The fourth-order valence-electron chi connectivity index (χ4n) is 2.05. The number of benzene rings is 1. The molecule has 0 bridgehead atoms. The molecular weight excluding hydrogens is 236 g/mol. The number of hydrogen-bond acceptors (Lipinski definition) is 5. The molecule has 2 rings (SSSR count). The molecule has 0 aliphatic carbocycles. The highest BCUT2D eigenvalue weighted by molar-refractivity contribution is 5.97. The Hall–Kier alpha value is -2.04. The van der Waals surface area contributed by atoms with Gasteiger partial charge in [0.1, 0.15) is 29.5 Å². The van der Waals surface area contributed by atoms with Crippen molar-refractivity contribution < 1.29 is 23.8 Å². The Bertz CT molecular complexity index is 481. The lowest BCUT2D eigenvalue weighted by Gasteiger charge is -2.10. The van der Waals surface area contributed by atoms with Gasteiger partial charge >= 0.3 is 5.97 Å². The molecule has 1 atom stereocenters. The molecule has 5 nitrogen and oxygen atoms in total. The number of ether oxygens (including phenoxy) is 3. The normalized spacial score (nSPS) is 17.0. The molecule has 1 aliphatic rings. The van der Waals surface area contributed by atoms with E-state index in [2.05, 4.69) is 0 Å². The lowest BCUT2D eigenvalue weighted by Crippen LogP contribution is -1.99. The maximum absolute atomic E-state index is 11.8. The largest absolute Gasteiger partial charge is 0.497 e. The van der Waals surface area contributed by atoms with Gasteiger partial charge in [-0.25, -0.2) is 4.79 Å². The Morgan fingerprint density at radius 2 is 2.11 bits per heavy atom. The second-order valence-corrected chi connectivity index (χ2v) is 3.93. The average Bonchev–Trinajstić information content (AvgIpc) is 2.72. The van der Waals surface area contributed by atoms with Gasteiger partial charge in [0.2, 0.25) is 0 Å². The van der Waals surface area contributed by atoms with E-state index >= 15 is 0 Å². The highest BCUT2D eigenvalue weighted by atomic mass is 16.6. The summed E-state index contributed by atoms with van der Waals surface area (Å²) in [6, 6.07) is 3.39. The van der Waals surface area contributed by atoms with Gasteiger partial charge in [-0.3, -0.25) is 0 Å². The first-order valence-electron chi connectivity index (χ1n) is 5.61. The zero-order chi connectivity index (χ0) is 13.1. The molecule has 18 heavy (non-hydrogen) atoms. The number of carbonyl (C=O) groups is 2. The lowest BCUT2D eigenvalue weighted by atomic mass is 10.0. The van der Waals surface area contributed by atoms with Crippen molar-refractivity contribution in [2.45, 2.75) is 18.9 Å². The van der Waals surface area contributed by atoms with Crippen LogP contribution in [0.4, 0.5) is 0 Å². The van der Waals surface area contributed by atoms with Gasteiger partial charge in [-0.2, -0.15) is 0 Å². The van der Waals surface area contributed by atoms with Crippen molar-refractivity contribution >= 4 is 12.3 Å². The van der Waals surface area contributed by atoms with Crippen molar-refractivity contribution in [1.29, 1.82) is 0 Å². The number of esters is 1. The number of methoxy groups -OCH3 is 2. The first-order chi connectivity index (χ1) is 8.71. The smallest absolute Gasteiger partial charge is 0.342 e. The van der Waals surface area contributed by atoms with Crippen LogP contribution in [0.2, 0.25) is 0 Å². The van der Waals surface area contributed by atoms with Crippen molar-refractivity contribution in [1.82, 2.24) is 0 Å². The Labute approximate surface area is 105 Å². The van der Waals surface area contributed by atoms with E-state index in [-0.39, 0.29) is 0 Å². The van der Waals surface area contributed by atoms with Gasteiger partial charge < -0.3 is 19.0 Å². The molecule has 0 amide bonds. The molecule has 0 saturated carbocycles. The van der Waals surface area contributed by atoms with Gasteiger partial charge in [0, 0.05) is 18.1 Å². The quantitative estimate of drug-likeness (QED) is 0.590.